The molecule has 0 aliphatic carbocycles. The number of hydrogen-bond acceptors (Lipinski definition) is 4. The Kier molecular flexibility index (Phi) is 4.90. The Labute approximate surface area is 116 Å². The monoisotopic (exact) mass is 283 g/mol. The molecule has 0 radical (unpaired) electrons. The number of rotatable bonds is 5. The van der Waals surface area contributed by atoms with E-state index in [9.17, 15) is 9.18 Å². The van der Waals surface area contributed by atoms with E-state index in [1.54, 1.807) is 13.8 Å². The molecular formula is C13H18FN3O3. The molecule has 0 heterocycles. The van der Waals surface area contributed by atoms with Crippen molar-refractivity contribution in [2.45, 2.75) is 25.8 Å². The van der Waals surface area contributed by atoms with Crippen molar-refractivity contribution in [3.63, 3.8) is 0 Å². The smallest absolute Gasteiger partial charge is 0.252 e. The maximum Gasteiger partial charge on any atom is 0.252 e. The molecule has 1 amide bonds. The molecule has 6 nitrogen and oxygen atoms in total. The molecule has 4 N–H and O–H groups in total. The normalized spacial score (nSPS) is 14.5. The topological polar surface area (TPSA) is 96.9 Å². The number of methoxy groups -OCH3 is 1. The van der Waals surface area contributed by atoms with Crippen LogP contribution in [0.1, 0.15) is 30.6 Å². The standard InChI is InChI=1S/C13H18FN3O3/c1-4-13(2,12(15)17-19)16-11(18)8-5-6-10(20-3)9(14)7-8/h5-7,19H,4H2,1-3H3,(H2,15,17)(H,16,18). The third kappa shape index (κ3) is 3.17. The zero-order valence-electron chi connectivity index (χ0n) is 11.6. The molecule has 0 aromatic heterocycles. The summed E-state index contributed by atoms with van der Waals surface area (Å²) in [6, 6.07) is 3.85. The number of halogens is 1. The number of nitrogens with one attached hydrogen (secondary N) is 1. The van der Waals surface area contributed by atoms with Crippen molar-refractivity contribution < 1.29 is 19.1 Å². The molecule has 0 aliphatic rings. The van der Waals surface area contributed by atoms with Crippen LogP contribution in [0, 0.1) is 5.82 Å². The van der Waals surface area contributed by atoms with E-state index in [0.717, 1.165) is 6.07 Å². The third-order valence-corrected chi connectivity index (χ3v) is 3.18. The van der Waals surface area contributed by atoms with Gasteiger partial charge in [-0.3, -0.25) is 4.79 Å². The first-order valence-corrected chi connectivity index (χ1v) is 6.02. The SMILES string of the molecule is CCC(C)(NC(=O)c1ccc(OC)c(F)c1)C(N)=NO. The van der Waals surface area contributed by atoms with Crippen LogP contribution in [0.3, 0.4) is 0 Å². The van der Waals surface area contributed by atoms with Gasteiger partial charge in [0.25, 0.3) is 5.91 Å². The Balaban J connectivity index is 2.99. The van der Waals surface area contributed by atoms with E-state index in [-0.39, 0.29) is 17.1 Å². The molecule has 1 rings (SSSR count). The Morgan fingerprint density at radius 2 is 2.25 bits per heavy atom. The summed E-state index contributed by atoms with van der Waals surface area (Å²) in [5, 5.41) is 14.3. The highest BCUT2D eigenvalue weighted by Gasteiger charge is 2.30. The Morgan fingerprint density at radius 1 is 1.60 bits per heavy atom. The van der Waals surface area contributed by atoms with Gasteiger partial charge in [0, 0.05) is 5.56 Å². The second kappa shape index (κ2) is 6.23. The first kappa shape index (κ1) is 15.7. The summed E-state index contributed by atoms with van der Waals surface area (Å²) in [5.74, 6) is -1.23. The van der Waals surface area contributed by atoms with Gasteiger partial charge >= 0.3 is 0 Å². The highest BCUT2D eigenvalue weighted by atomic mass is 19.1. The molecule has 110 valence electrons. The zero-order valence-corrected chi connectivity index (χ0v) is 11.6. The van der Waals surface area contributed by atoms with Crippen LogP contribution in [0.2, 0.25) is 0 Å². The van der Waals surface area contributed by atoms with E-state index in [1.165, 1.54) is 19.2 Å². The number of hydrogen-bond donors (Lipinski definition) is 3. The van der Waals surface area contributed by atoms with Gasteiger partial charge in [0.2, 0.25) is 0 Å². The van der Waals surface area contributed by atoms with Crippen LogP contribution in [0.25, 0.3) is 0 Å². The molecule has 0 fully saturated rings. The van der Waals surface area contributed by atoms with Crippen LogP contribution in [0.4, 0.5) is 4.39 Å². The van der Waals surface area contributed by atoms with Gasteiger partial charge in [-0.15, -0.1) is 0 Å². The molecular weight excluding hydrogens is 265 g/mol. The van der Waals surface area contributed by atoms with Crippen molar-refractivity contribution in [2.24, 2.45) is 10.9 Å². The molecule has 1 aromatic rings. The average Bonchev–Trinajstić information content (AvgIpc) is 2.45. The predicted octanol–water partition coefficient (Wildman–Crippen LogP) is 1.48. The van der Waals surface area contributed by atoms with Gasteiger partial charge < -0.3 is 21.0 Å². The number of nitrogens with two attached hydrogens (primary N) is 1. The van der Waals surface area contributed by atoms with E-state index in [4.69, 9.17) is 15.7 Å². The number of nitrogens with zero attached hydrogens (tertiary/aromatic N) is 1. The van der Waals surface area contributed by atoms with Crippen molar-refractivity contribution in [1.82, 2.24) is 5.32 Å². The maximum absolute atomic E-state index is 13.6. The quantitative estimate of drug-likeness (QED) is 0.330. The molecule has 20 heavy (non-hydrogen) atoms. The summed E-state index contributed by atoms with van der Waals surface area (Å²) in [4.78, 5) is 12.1. The Bertz CT molecular complexity index is 534. The molecule has 0 spiro atoms. The number of amidine groups is 1. The van der Waals surface area contributed by atoms with E-state index in [1.807, 2.05) is 0 Å². The fourth-order valence-electron chi connectivity index (χ4n) is 1.57. The lowest BCUT2D eigenvalue weighted by atomic mass is 9.97. The van der Waals surface area contributed by atoms with E-state index in [0.29, 0.717) is 6.42 Å². The number of carbonyl (C=O) groups is 1. The second-order valence-electron chi connectivity index (χ2n) is 4.47. The van der Waals surface area contributed by atoms with E-state index >= 15 is 0 Å². The van der Waals surface area contributed by atoms with Gasteiger partial charge in [-0.2, -0.15) is 0 Å². The van der Waals surface area contributed by atoms with Crippen LogP contribution < -0.4 is 15.8 Å². The summed E-state index contributed by atoms with van der Waals surface area (Å²) < 4.78 is 18.3. The van der Waals surface area contributed by atoms with Gasteiger partial charge in [0.15, 0.2) is 17.4 Å². The molecule has 0 saturated carbocycles. The number of carbonyl (C=O) groups excluding carboxylic acids is 1. The van der Waals surface area contributed by atoms with Crippen LogP contribution in [0.5, 0.6) is 5.75 Å². The van der Waals surface area contributed by atoms with Crippen molar-refractivity contribution in [1.29, 1.82) is 0 Å². The highest BCUT2D eigenvalue weighted by molar-refractivity contribution is 6.00. The van der Waals surface area contributed by atoms with Crippen molar-refractivity contribution in [3.8, 4) is 5.75 Å². The van der Waals surface area contributed by atoms with Crippen LogP contribution in [-0.4, -0.2) is 29.6 Å². The predicted molar refractivity (Wildman–Crippen MR) is 72.5 cm³/mol. The summed E-state index contributed by atoms with van der Waals surface area (Å²) in [7, 11) is 1.34. The summed E-state index contributed by atoms with van der Waals surface area (Å²) in [6.07, 6.45) is 0.410. The van der Waals surface area contributed by atoms with Gasteiger partial charge in [-0.25, -0.2) is 4.39 Å². The van der Waals surface area contributed by atoms with E-state index < -0.39 is 17.3 Å². The summed E-state index contributed by atoms with van der Waals surface area (Å²) in [5.41, 5.74) is 4.66. The highest BCUT2D eigenvalue weighted by Crippen LogP contribution is 2.18. The molecule has 0 saturated heterocycles. The summed E-state index contributed by atoms with van der Waals surface area (Å²) in [6.45, 7) is 3.38. The number of amides is 1. The van der Waals surface area contributed by atoms with Gasteiger partial charge in [0.1, 0.15) is 0 Å². The fourth-order valence-corrected chi connectivity index (χ4v) is 1.57. The number of oxime groups is 1. The largest absolute Gasteiger partial charge is 0.494 e. The van der Waals surface area contributed by atoms with Gasteiger partial charge in [-0.1, -0.05) is 12.1 Å². The van der Waals surface area contributed by atoms with Crippen LogP contribution in [-0.2, 0) is 0 Å². The van der Waals surface area contributed by atoms with Crippen molar-refractivity contribution >= 4 is 11.7 Å². The average molecular weight is 283 g/mol. The molecule has 0 bridgehead atoms. The summed E-state index contributed by atoms with van der Waals surface area (Å²) >= 11 is 0. The molecule has 1 unspecified atom stereocenters. The van der Waals surface area contributed by atoms with Crippen molar-refractivity contribution in [2.75, 3.05) is 7.11 Å². The van der Waals surface area contributed by atoms with E-state index in [2.05, 4.69) is 10.5 Å². The van der Waals surface area contributed by atoms with Gasteiger partial charge in [0.05, 0.1) is 12.6 Å². The third-order valence-electron chi connectivity index (χ3n) is 3.18. The number of ether oxygens (including phenoxy) is 1. The second-order valence-corrected chi connectivity index (χ2v) is 4.47. The lowest BCUT2D eigenvalue weighted by Crippen LogP contribution is -2.55. The van der Waals surface area contributed by atoms with Crippen LogP contribution >= 0.6 is 0 Å². The lowest BCUT2D eigenvalue weighted by Gasteiger charge is -2.28. The fraction of sp³-hybridized carbons (Fsp3) is 0.385. The first-order valence-electron chi connectivity index (χ1n) is 6.02. The minimum Gasteiger partial charge on any atom is -0.494 e. The molecule has 0 aliphatic heterocycles. The number of benzene rings is 1. The minimum absolute atomic E-state index is 0.0521. The van der Waals surface area contributed by atoms with Crippen LogP contribution in [0.15, 0.2) is 23.4 Å². The minimum atomic E-state index is -1.01. The molecule has 1 atom stereocenters. The van der Waals surface area contributed by atoms with Gasteiger partial charge in [-0.05, 0) is 31.5 Å². The lowest BCUT2D eigenvalue weighted by molar-refractivity contribution is 0.0924. The Morgan fingerprint density at radius 3 is 2.70 bits per heavy atom. The zero-order chi connectivity index (χ0) is 15.3. The Hall–Kier alpha value is -2.31. The molecule has 1 aromatic carbocycles. The molecule has 7 heteroatoms. The first-order chi connectivity index (χ1) is 9.37. The maximum atomic E-state index is 13.6. The van der Waals surface area contributed by atoms with Crippen molar-refractivity contribution in [3.05, 3.63) is 29.6 Å².